The first kappa shape index (κ1) is 25.6. The predicted molar refractivity (Wildman–Crippen MR) is 143 cm³/mol. The van der Waals surface area contributed by atoms with Crippen LogP contribution in [0.1, 0.15) is 5.56 Å². The molecule has 0 unspecified atom stereocenters. The number of carbonyl (C=O) groups excluding carboxylic acids is 1. The fourth-order valence-corrected chi connectivity index (χ4v) is 4.46. The molecule has 0 aliphatic rings. The van der Waals surface area contributed by atoms with E-state index >= 15 is 0 Å². The first-order valence-electron chi connectivity index (χ1n) is 10.6. The Morgan fingerprint density at radius 2 is 1.58 bits per heavy atom. The molecule has 4 aromatic rings. The molecule has 11 heteroatoms. The zero-order chi connectivity index (χ0) is 25.5. The van der Waals surface area contributed by atoms with E-state index < -0.39 is 0 Å². The van der Waals surface area contributed by atoms with Crippen molar-refractivity contribution in [3.63, 3.8) is 0 Å². The molecule has 4 rings (SSSR count). The number of nitrogens with zero attached hydrogens (tertiary/aromatic N) is 4. The Balaban J connectivity index is 1.54. The van der Waals surface area contributed by atoms with E-state index in [-0.39, 0.29) is 11.7 Å². The monoisotopic (exact) mass is 541 g/mol. The number of hydrazone groups is 1. The number of nitrogens with one attached hydrogen (secondary N) is 1. The molecule has 0 saturated heterocycles. The summed E-state index contributed by atoms with van der Waals surface area (Å²) >= 11 is 13.5. The summed E-state index contributed by atoms with van der Waals surface area (Å²) in [7, 11) is 3.22. The number of benzene rings is 3. The van der Waals surface area contributed by atoms with Gasteiger partial charge in [-0.25, -0.2) is 5.43 Å². The van der Waals surface area contributed by atoms with Gasteiger partial charge in [-0.05, 0) is 60.7 Å². The lowest BCUT2D eigenvalue weighted by molar-refractivity contribution is -0.118. The standard InChI is InChI=1S/C25H21Cl2N5O3S/c1-34-18-10-6-16(7-11-18)24-30-31-25(32(24)17-8-12-19(35-2)13-9-17)36-15-23(33)29-28-14-20-21(26)4-3-5-22(20)27/h3-14H,15H2,1-2H3,(H,29,33). The lowest BCUT2D eigenvalue weighted by Crippen LogP contribution is -2.20. The Morgan fingerprint density at radius 3 is 2.19 bits per heavy atom. The maximum atomic E-state index is 12.5. The summed E-state index contributed by atoms with van der Waals surface area (Å²) in [6.45, 7) is 0. The van der Waals surface area contributed by atoms with Crippen LogP contribution in [0.5, 0.6) is 11.5 Å². The van der Waals surface area contributed by atoms with Crippen molar-refractivity contribution in [1.82, 2.24) is 20.2 Å². The van der Waals surface area contributed by atoms with E-state index in [0.29, 0.717) is 26.6 Å². The Kier molecular flexibility index (Phi) is 8.48. The Bertz CT molecular complexity index is 1360. The van der Waals surface area contributed by atoms with Gasteiger partial charge in [-0.15, -0.1) is 10.2 Å². The van der Waals surface area contributed by atoms with Gasteiger partial charge < -0.3 is 9.47 Å². The van der Waals surface area contributed by atoms with Crippen molar-refractivity contribution < 1.29 is 14.3 Å². The maximum Gasteiger partial charge on any atom is 0.250 e. The topological polar surface area (TPSA) is 90.6 Å². The minimum Gasteiger partial charge on any atom is -0.497 e. The SMILES string of the molecule is COc1ccc(-c2nnc(SCC(=O)NN=Cc3c(Cl)cccc3Cl)n2-c2ccc(OC)cc2)cc1. The molecular weight excluding hydrogens is 521 g/mol. The van der Waals surface area contributed by atoms with Crippen LogP contribution in [0.2, 0.25) is 10.0 Å². The third-order valence-corrected chi connectivity index (χ3v) is 6.62. The summed E-state index contributed by atoms with van der Waals surface area (Å²) in [5.41, 5.74) is 4.68. The van der Waals surface area contributed by atoms with Crippen molar-refractivity contribution in [2.45, 2.75) is 5.16 Å². The van der Waals surface area contributed by atoms with E-state index in [1.165, 1.54) is 18.0 Å². The number of hydrogen-bond donors (Lipinski definition) is 1. The largest absolute Gasteiger partial charge is 0.497 e. The van der Waals surface area contributed by atoms with Crippen molar-refractivity contribution in [2.75, 3.05) is 20.0 Å². The van der Waals surface area contributed by atoms with Gasteiger partial charge in [0.05, 0.1) is 36.2 Å². The number of ether oxygens (including phenoxy) is 2. The first-order valence-corrected chi connectivity index (χ1v) is 12.4. The molecule has 1 heterocycles. The highest BCUT2D eigenvalue weighted by atomic mass is 35.5. The highest BCUT2D eigenvalue weighted by molar-refractivity contribution is 7.99. The van der Waals surface area contributed by atoms with Crippen LogP contribution in [0.25, 0.3) is 17.1 Å². The van der Waals surface area contributed by atoms with Crippen LogP contribution >= 0.6 is 35.0 Å². The zero-order valence-electron chi connectivity index (χ0n) is 19.3. The van der Waals surface area contributed by atoms with Gasteiger partial charge in [-0.1, -0.05) is 41.0 Å². The molecule has 3 aromatic carbocycles. The van der Waals surface area contributed by atoms with Crippen LogP contribution in [0.4, 0.5) is 0 Å². The third-order valence-electron chi connectivity index (χ3n) is 5.03. The molecule has 1 N–H and O–H groups in total. The molecule has 0 spiro atoms. The number of halogens is 2. The molecule has 1 amide bonds. The van der Waals surface area contributed by atoms with Gasteiger partial charge in [-0.2, -0.15) is 5.10 Å². The number of thioether (sulfide) groups is 1. The Labute approximate surface area is 222 Å². The second kappa shape index (κ2) is 11.9. The quantitative estimate of drug-likeness (QED) is 0.171. The summed E-state index contributed by atoms with van der Waals surface area (Å²) in [6, 6.07) is 20.1. The number of aromatic nitrogens is 3. The van der Waals surface area contributed by atoms with Crippen molar-refractivity contribution in [2.24, 2.45) is 5.10 Å². The van der Waals surface area contributed by atoms with Gasteiger partial charge in [0, 0.05) is 16.8 Å². The van der Waals surface area contributed by atoms with Gasteiger partial charge in [0.25, 0.3) is 5.91 Å². The summed E-state index contributed by atoms with van der Waals surface area (Å²) in [5.74, 6) is 1.82. The van der Waals surface area contributed by atoms with Crippen LogP contribution < -0.4 is 14.9 Å². The molecular formula is C25H21Cl2N5O3S. The fraction of sp³-hybridized carbons (Fsp3) is 0.120. The molecule has 0 radical (unpaired) electrons. The average Bonchev–Trinajstić information content (AvgIpc) is 3.33. The van der Waals surface area contributed by atoms with E-state index in [4.69, 9.17) is 32.7 Å². The molecule has 184 valence electrons. The number of methoxy groups -OCH3 is 2. The van der Waals surface area contributed by atoms with Crippen LogP contribution in [-0.2, 0) is 4.79 Å². The lowest BCUT2D eigenvalue weighted by Gasteiger charge is -2.11. The van der Waals surface area contributed by atoms with Crippen LogP contribution in [-0.4, -0.2) is 46.9 Å². The van der Waals surface area contributed by atoms with Crippen molar-refractivity contribution in [1.29, 1.82) is 0 Å². The molecule has 0 bridgehead atoms. The molecule has 1 aromatic heterocycles. The molecule has 0 fully saturated rings. The normalized spacial score (nSPS) is 11.0. The Morgan fingerprint density at radius 1 is 0.972 bits per heavy atom. The summed E-state index contributed by atoms with van der Waals surface area (Å²) in [4.78, 5) is 12.5. The fourth-order valence-electron chi connectivity index (χ4n) is 3.22. The number of amides is 1. The van der Waals surface area contributed by atoms with Crippen molar-refractivity contribution >= 4 is 47.1 Å². The number of hydrogen-bond acceptors (Lipinski definition) is 7. The average molecular weight is 542 g/mol. The van der Waals surface area contributed by atoms with Gasteiger partial charge in [0.15, 0.2) is 11.0 Å². The second-order valence-corrected chi connectivity index (χ2v) is 9.04. The molecule has 0 atom stereocenters. The smallest absolute Gasteiger partial charge is 0.250 e. The minimum atomic E-state index is -0.324. The first-order chi connectivity index (χ1) is 17.5. The maximum absolute atomic E-state index is 12.5. The summed E-state index contributed by atoms with van der Waals surface area (Å²) in [6.07, 6.45) is 1.41. The van der Waals surface area contributed by atoms with E-state index in [9.17, 15) is 4.79 Å². The van der Waals surface area contributed by atoms with Gasteiger partial charge in [-0.3, -0.25) is 9.36 Å². The molecule has 0 aliphatic carbocycles. The van der Waals surface area contributed by atoms with E-state index in [1.807, 2.05) is 53.1 Å². The van der Waals surface area contributed by atoms with Crippen LogP contribution in [0, 0.1) is 0 Å². The van der Waals surface area contributed by atoms with Crippen molar-refractivity contribution in [3.8, 4) is 28.6 Å². The Hall–Kier alpha value is -3.53. The van der Waals surface area contributed by atoms with Gasteiger partial charge in [0.2, 0.25) is 0 Å². The minimum absolute atomic E-state index is 0.0600. The third kappa shape index (κ3) is 5.99. The van der Waals surface area contributed by atoms with Crippen LogP contribution in [0.3, 0.4) is 0 Å². The molecule has 8 nitrogen and oxygen atoms in total. The second-order valence-electron chi connectivity index (χ2n) is 7.29. The predicted octanol–water partition coefficient (Wildman–Crippen LogP) is 5.50. The summed E-state index contributed by atoms with van der Waals surface area (Å²) in [5, 5.41) is 14.1. The van der Waals surface area contributed by atoms with E-state index in [0.717, 1.165) is 22.7 Å². The highest BCUT2D eigenvalue weighted by Gasteiger charge is 2.17. The van der Waals surface area contributed by atoms with Crippen LogP contribution in [0.15, 0.2) is 77.0 Å². The number of carbonyl (C=O) groups is 1. The molecule has 0 aliphatic heterocycles. The zero-order valence-corrected chi connectivity index (χ0v) is 21.6. The summed E-state index contributed by atoms with van der Waals surface area (Å²) < 4.78 is 12.4. The molecule has 0 saturated carbocycles. The molecule has 36 heavy (non-hydrogen) atoms. The highest BCUT2D eigenvalue weighted by Crippen LogP contribution is 2.30. The van der Waals surface area contributed by atoms with Gasteiger partial charge in [0.1, 0.15) is 11.5 Å². The van der Waals surface area contributed by atoms with E-state index in [2.05, 4.69) is 20.7 Å². The van der Waals surface area contributed by atoms with Gasteiger partial charge >= 0.3 is 0 Å². The number of rotatable bonds is 9. The lowest BCUT2D eigenvalue weighted by atomic mass is 10.2. The van der Waals surface area contributed by atoms with E-state index in [1.54, 1.807) is 32.4 Å². The van der Waals surface area contributed by atoms with Crippen molar-refractivity contribution in [3.05, 3.63) is 82.3 Å².